The van der Waals surface area contributed by atoms with Crippen LogP contribution in [0.5, 0.6) is 0 Å². The van der Waals surface area contributed by atoms with Gasteiger partial charge in [0.15, 0.2) is 5.65 Å². The van der Waals surface area contributed by atoms with Gasteiger partial charge in [0, 0.05) is 37.9 Å². The summed E-state index contributed by atoms with van der Waals surface area (Å²) < 4.78 is 2.05. The first-order chi connectivity index (χ1) is 12.5. The Labute approximate surface area is 152 Å². The number of carbonyl (C=O) groups is 1. The minimum absolute atomic E-state index is 0.0485. The van der Waals surface area contributed by atoms with Crippen molar-refractivity contribution >= 4 is 22.9 Å². The molecule has 1 saturated heterocycles. The first-order valence-corrected chi connectivity index (χ1v) is 8.93. The summed E-state index contributed by atoms with van der Waals surface area (Å²) in [7, 11) is 2.00. The highest BCUT2D eigenvalue weighted by molar-refractivity contribution is 5.89. The van der Waals surface area contributed by atoms with Crippen LogP contribution in [0.25, 0.3) is 11.2 Å². The number of pyridine rings is 1. The smallest absolute Gasteiger partial charge is 0.321 e. The van der Waals surface area contributed by atoms with Crippen LogP contribution in [0.3, 0.4) is 0 Å². The fourth-order valence-corrected chi connectivity index (χ4v) is 3.58. The van der Waals surface area contributed by atoms with E-state index in [0.717, 1.165) is 35.6 Å². The molecule has 2 amide bonds. The average molecular weight is 349 g/mol. The van der Waals surface area contributed by atoms with Crippen LogP contribution in [-0.4, -0.2) is 38.6 Å². The van der Waals surface area contributed by atoms with Crippen molar-refractivity contribution in [2.45, 2.75) is 26.2 Å². The van der Waals surface area contributed by atoms with Gasteiger partial charge in [-0.2, -0.15) is 0 Å². The van der Waals surface area contributed by atoms with E-state index in [1.165, 1.54) is 11.1 Å². The molecule has 6 nitrogen and oxygen atoms in total. The van der Waals surface area contributed by atoms with Crippen molar-refractivity contribution in [2.24, 2.45) is 7.05 Å². The topological polar surface area (TPSA) is 63.1 Å². The molecule has 1 aliphatic heterocycles. The van der Waals surface area contributed by atoms with Gasteiger partial charge < -0.3 is 14.8 Å². The molecule has 3 heterocycles. The van der Waals surface area contributed by atoms with Gasteiger partial charge in [0.05, 0.1) is 0 Å². The Bertz CT molecular complexity index is 977. The number of urea groups is 1. The number of hydrogen-bond acceptors (Lipinski definition) is 3. The van der Waals surface area contributed by atoms with Gasteiger partial charge in [-0.15, -0.1) is 0 Å². The quantitative estimate of drug-likeness (QED) is 0.769. The molecule has 0 aliphatic carbocycles. The summed E-state index contributed by atoms with van der Waals surface area (Å²) in [4.78, 5) is 23.6. The molecule has 1 aliphatic rings. The second-order valence-corrected chi connectivity index (χ2v) is 7.04. The lowest BCUT2D eigenvalue weighted by atomic mass is 10.1. The lowest BCUT2D eigenvalue weighted by Crippen LogP contribution is -2.33. The average Bonchev–Trinajstić information content (AvgIpc) is 3.24. The third kappa shape index (κ3) is 2.92. The van der Waals surface area contributed by atoms with E-state index < -0.39 is 0 Å². The molecule has 134 valence electrons. The number of rotatable bonds is 2. The van der Waals surface area contributed by atoms with Crippen LogP contribution in [0.1, 0.15) is 29.3 Å². The number of amides is 2. The molecule has 1 N–H and O–H groups in total. The number of carbonyl (C=O) groups excluding carboxylic acids is 1. The maximum atomic E-state index is 12.6. The van der Waals surface area contributed by atoms with E-state index in [0.29, 0.717) is 6.54 Å². The molecule has 0 saturated carbocycles. The molecule has 3 aromatic rings. The summed E-state index contributed by atoms with van der Waals surface area (Å²) in [6, 6.07) is 9.82. The number of nitrogens with zero attached hydrogens (tertiary/aromatic N) is 4. The second-order valence-electron chi connectivity index (χ2n) is 7.04. The molecule has 0 bridgehead atoms. The Morgan fingerprint density at radius 2 is 2.08 bits per heavy atom. The summed E-state index contributed by atoms with van der Waals surface area (Å²) >= 11 is 0. The van der Waals surface area contributed by atoms with Crippen LogP contribution in [-0.2, 0) is 7.05 Å². The maximum absolute atomic E-state index is 12.6. The Morgan fingerprint density at radius 1 is 1.23 bits per heavy atom. The molecule has 1 atom stereocenters. The first kappa shape index (κ1) is 16.6. The van der Waals surface area contributed by atoms with E-state index >= 15 is 0 Å². The van der Waals surface area contributed by atoms with Gasteiger partial charge >= 0.3 is 6.03 Å². The Morgan fingerprint density at radius 3 is 2.85 bits per heavy atom. The zero-order valence-electron chi connectivity index (χ0n) is 15.4. The number of nitrogens with one attached hydrogen (secondary N) is 1. The number of likely N-dealkylation sites (tertiary alicyclic amines) is 1. The van der Waals surface area contributed by atoms with Crippen LogP contribution in [0.15, 0.2) is 36.5 Å². The molecule has 26 heavy (non-hydrogen) atoms. The molecule has 6 heteroatoms. The van der Waals surface area contributed by atoms with Gasteiger partial charge in [0.25, 0.3) is 0 Å². The lowest BCUT2D eigenvalue weighted by molar-refractivity contribution is 0.222. The van der Waals surface area contributed by atoms with E-state index in [9.17, 15) is 4.79 Å². The van der Waals surface area contributed by atoms with Crippen LogP contribution >= 0.6 is 0 Å². The minimum atomic E-state index is -0.0485. The highest BCUT2D eigenvalue weighted by Crippen LogP contribution is 2.28. The molecule has 0 radical (unpaired) electrons. The zero-order chi connectivity index (χ0) is 18.3. The predicted molar refractivity (Wildman–Crippen MR) is 102 cm³/mol. The zero-order valence-corrected chi connectivity index (χ0v) is 15.4. The van der Waals surface area contributed by atoms with Crippen molar-refractivity contribution in [3.63, 3.8) is 0 Å². The molecule has 1 fully saturated rings. The summed E-state index contributed by atoms with van der Waals surface area (Å²) in [5.41, 5.74) is 5.03. The van der Waals surface area contributed by atoms with Gasteiger partial charge in [-0.05, 0) is 55.7 Å². The maximum Gasteiger partial charge on any atom is 0.321 e. The second kappa shape index (κ2) is 6.44. The third-order valence-electron chi connectivity index (χ3n) is 5.26. The van der Waals surface area contributed by atoms with Crippen molar-refractivity contribution in [2.75, 3.05) is 18.4 Å². The van der Waals surface area contributed by atoms with Gasteiger partial charge in [0.1, 0.15) is 11.3 Å². The van der Waals surface area contributed by atoms with Crippen molar-refractivity contribution < 1.29 is 4.79 Å². The summed E-state index contributed by atoms with van der Waals surface area (Å²) in [5, 5.41) is 3.01. The summed E-state index contributed by atoms with van der Waals surface area (Å²) in [6.07, 6.45) is 2.70. The van der Waals surface area contributed by atoms with Gasteiger partial charge in [-0.3, -0.25) is 0 Å². The van der Waals surface area contributed by atoms with Crippen molar-refractivity contribution in [3.8, 4) is 0 Å². The van der Waals surface area contributed by atoms with Crippen molar-refractivity contribution in [3.05, 3.63) is 53.5 Å². The molecule has 1 aromatic carbocycles. The SMILES string of the molecule is Cc1ccc(NC(=O)N2CC[C@H](c3nc4cccnc4n3C)C2)cc1C. The largest absolute Gasteiger partial charge is 0.324 e. The number of benzene rings is 1. The van der Waals surface area contributed by atoms with E-state index in [1.54, 1.807) is 6.20 Å². The lowest BCUT2D eigenvalue weighted by Gasteiger charge is -2.18. The molecule has 2 aromatic heterocycles. The number of aromatic nitrogens is 3. The number of imidazole rings is 1. The Kier molecular flexibility index (Phi) is 4.11. The molecule has 0 spiro atoms. The number of fused-ring (bicyclic) bond motifs is 1. The molecular weight excluding hydrogens is 326 g/mol. The fraction of sp³-hybridized carbons (Fsp3) is 0.350. The Balaban J connectivity index is 1.48. The standard InChI is InChI=1S/C20H23N5O/c1-13-6-7-16(11-14(13)2)22-20(26)25-10-8-15(12-25)18-23-17-5-4-9-21-19(17)24(18)3/h4-7,9,11,15H,8,10,12H2,1-3H3,(H,22,26)/t15-/m0/s1. The summed E-state index contributed by atoms with van der Waals surface area (Å²) in [5.74, 6) is 1.24. The molecule has 0 unspecified atom stereocenters. The van der Waals surface area contributed by atoms with Crippen molar-refractivity contribution in [1.29, 1.82) is 0 Å². The number of hydrogen-bond donors (Lipinski definition) is 1. The van der Waals surface area contributed by atoms with Gasteiger partial charge in [0.2, 0.25) is 0 Å². The molecular formula is C20H23N5O. The van der Waals surface area contributed by atoms with Gasteiger partial charge in [-0.1, -0.05) is 6.07 Å². The monoisotopic (exact) mass is 349 g/mol. The fourth-order valence-electron chi connectivity index (χ4n) is 3.58. The predicted octanol–water partition coefficient (Wildman–Crippen LogP) is 3.61. The van der Waals surface area contributed by atoms with Gasteiger partial charge in [-0.25, -0.2) is 14.8 Å². The van der Waals surface area contributed by atoms with E-state index in [1.807, 2.05) is 46.8 Å². The Hall–Kier alpha value is -2.89. The third-order valence-corrected chi connectivity index (χ3v) is 5.26. The van der Waals surface area contributed by atoms with Crippen LogP contribution in [0.4, 0.5) is 10.5 Å². The van der Waals surface area contributed by atoms with E-state index in [2.05, 4.69) is 24.1 Å². The van der Waals surface area contributed by atoms with E-state index in [-0.39, 0.29) is 11.9 Å². The first-order valence-electron chi connectivity index (χ1n) is 8.93. The van der Waals surface area contributed by atoms with E-state index in [4.69, 9.17) is 4.98 Å². The number of aryl methyl sites for hydroxylation is 3. The number of anilines is 1. The highest BCUT2D eigenvalue weighted by atomic mass is 16.2. The minimum Gasteiger partial charge on any atom is -0.324 e. The van der Waals surface area contributed by atoms with Crippen LogP contribution in [0, 0.1) is 13.8 Å². The van der Waals surface area contributed by atoms with Crippen LogP contribution < -0.4 is 5.32 Å². The highest BCUT2D eigenvalue weighted by Gasteiger charge is 2.30. The summed E-state index contributed by atoms with van der Waals surface area (Å²) in [6.45, 7) is 5.53. The van der Waals surface area contributed by atoms with Crippen LogP contribution in [0.2, 0.25) is 0 Å². The molecule has 4 rings (SSSR count). The normalized spacial score (nSPS) is 17.0. The van der Waals surface area contributed by atoms with Crippen molar-refractivity contribution in [1.82, 2.24) is 19.4 Å².